The lowest BCUT2D eigenvalue weighted by molar-refractivity contribution is 0.583. The van der Waals surface area contributed by atoms with Gasteiger partial charge in [-0.2, -0.15) is 0 Å². The van der Waals surface area contributed by atoms with Crippen LogP contribution in [0.5, 0.6) is 0 Å². The second kappa shape index (κ2) is 5.16. The molecule has 0 aliphatic heterocycles. The first-order valence-corrected chi connectivity index (χ1v) is 6.86. The summed E-state index contributed by atoms with van der Waals surface area (Å²) in [5.41, 5.74) is 0.409. The molecule has 7 heteroatoms. The molecule has 0 spiro atoms. The maximum Gasteiger partial charge on any atom is 0.332 e. The Bertz CT molecular complexity index is 778. The number of nitrogens with one attached hydrogen (secondary N) is 1. The lowest BCUT2D eigenvalue weighted by atomic mass is 10.3. The fraction of sp³-hybridized carbons (Fsp3) is 0.583. The topological polar surface area (TPSA) is 64.7 Å². The predicted octanol–water partition coefficient (Wildman–Crippen LogP) is 1.38. The molecule has 0 aliphatic carbocycles. The van der Waals surface area contributed by atoms with E-state index in [-0.39, 0.29) is 11.2 Å². The van der Waals surface area contributed by atoms with Gasteiger partial charge in [0.25, 0.3) is 5.56 Å². The van der Waals surface area contributed by atoms with Crippen LogP contribution in [0.4, 0.5) is 0 Å². The van der Waals surface area contributed by atoms with Crippen LogP contribution in [-0.2, 0) is 20.1 Å². The summed E-state index contributed by atoms with van der Waals surface area (Å²) >= 11 is 5.21. The molecule has 0 atom stereocenters. The minimum absolute atomic E-state index is 0.301. The van der Waals surface area contributed by atoms with Gasteiger partial charge in [-0.3, -0.25) is 13.9 Å². The maximum atomic E-state index is 12.2. The van der Waals surface area contributed by atoms with Crippen molar-refractivity contribution in [2.24, 2.45) is 7.05 Å². The summed E-state index contributed by atoms with van der Waals surface area (Å²) in [6.45, 7) is 5.16. The normalized spacial score (nSPS) is 11.3. The standard InChI is InChI=1S/C12H18N4O2S/c1-4-6-7-16-9-8(10(17)14(3)12(16)18)15(5-2)11(19)13-9/h4-7H2,1-3H3,(H,13,19). The number of aromatic nitrogens is 4. The van der Waals surface area contributed by atoms with E-state index in [1.807, 2.05) is 6.92 Å². The van der Waals surface area contributed by atoms with Crippen LogP contribution in [0.3, 0.4) is 0 Å². The predicted molar refractivity (Wildman–Crippen MR) is 77.2 cm³/mol. The molecule has 0 fully saturated rings. The highest BCUT2D eigenvalue weighted by atomic mass is 32.1. The number of fused-ring (bicyclic) bond motifs is 1. The average Bonchev–Trinajstić information content (AvgIpc) is 2.72. The molecular weight excluding hydrogens is 264 g/mol. The van der Waals surface area contributed by atoms with Crippen molar-refractivity contribution in [1.29, 1.82) is 0 Å². The van der Waals surface area contributed by atoms with Crippen molar-refractivity contribution < 1.29 is 0 Å². The Hall–Kier alpha value is -1.63. The van der Waals surface area contributed by atoms with E-state index >= 15 is 0 Å². The van der Waals surface area contributed by atoms with Crippen molar-refractivity contribution in [2.45, 2.75) is 39.8 Å². The number of aryl methyl sites for hydroxylation is 2. The van der Waals surface area contributed by atoms with Crippen LogP contribution in [0.25, 0.3) is 11.2 Å². The van der Waals surface area contributed by atoms with Gasteiger partial charge in [-0.05, 0) is 25.6 Å². The van der Waals surface area contributed by atoms with Crippen molar-refractivity contribution in [3.63, 3.8) is 0 Å². The average molecular weight is 282 g/mol. The molecule has 0 saturated carbocycles. The smallest absolute Gasteiger partial charge is 0.316 e. The number of imidazole rings is 1. The molecular formula is C12H18N4O2S. The molecule has 0 amide bonds. The first-order valence-electron chi connectivity index (χ1n) is 6.45. The van der Waals surface area contributed by atoms with Gasteiger partial charge in [0.15, 0.2) is 10.3 Å². The van der Waals surface area contributed by atoms with Gasteiger partial charge in [0.1, 0.15) is 5.65 Å². The number of unbranched alkanes of at least 4 members (excludes halogenated alkanes) is 1. The molecule has 6 nitrogen and oxygen atoms in total. The highest BCUT2D eigenvalue weighted by Crippen LogP contribution is 2.09. The number of nitrogens with zero attached hydrogens (tertiary/aromatic N) is 3. The molecule has 0 radical (unpaired) electrons. The van der Waals surface area contributed by atoms with Crippen LogP contribution in [0, 0.1) is 4.77 Å². The minimum atomic E-state index is -0.304. The van der Waals surface area contributed by atoms with Crippen LogP contribution in [0.2, 0.25) is 0 Å². The van der Waals surface area contributed by atoms with E-state index < -0.39 is 0 Å². The number of hydrogen-bond acceptors (Lipinski definition) is 3. The van der Waals surface area contributed by atoms with Gasteiger partial charge in [-0.15, -0.1) is 0 Å². The molecule has 2 rings (SSSR count). The molecule has 19 heavy (non-hydrogen) atoms. The highest BCUT2D eigenvalue weighted by molar-refractivity contribution is 7.71. The lowest BCUT2D eigenvalue weighted by Crippen LogP contribution is -2.38. The molecule has 0 aromatic carbocycles. The second-order valence-electron chi connectivity index (χ2n) is 4.52. The molecule has 0 saturated heterocycles. The molecule has 0 bridgehead atoms. The summed E-state index contributed by atoms with van der Waals surface area (Å²) in [7, 11) is 1.50. The highest BCUT2D eigenvalue weighted by Gasteiger charge is 2.15. The minimum Gasteiger partial charge on any atom is -0.316 e. The van der Waals surface area contributed by atoms with Gasteiger partial charge >= 0.3 is 5.69 Å². The fourth-order valence-electron chi connectivity index (χ4n) is 2.22. The van der Waals surface area contributed by atoms with Gasteiger partial charge in [-0.1, -0.05) is 13.3 Å². The monoisotopic (exact) mass is 282 g/mol. The lowest BCUT2D eigenvalue weighted by Gasteiger charge is -2.09. The van der Waals surface area contributed by atoms with Crippen molar-refractivity contribution >= 4 is 23.4 Å². The van der Waals surface area contributed by atoms with Crippen molar-refractivity contribution in [2.75, 3.05) is 0 Å². The first-order chi connectivity index (χ1) is 9.02. The number of H-pyrrole nitrogens is 1. The zero-order valence-electron chi connectivity index (χ0n) is 11.4. The molecule has 104 valence electrons. The van der Waals surface area contributed by atoms with Crippen LogP contribution in [-0.4, -0.2) is 18.7 Å². The van der Waals surface area contributed by atoms with Crippen LogP contribution >= 0.6 is 12.2 Å². The first kappa shape index (κ1) is 13.8. The summed E-state index contributed by atoms with van der Waals surface area (Å²) < 4.78 is 4.95. The summed E-state index contributed by atoms with van der Waals surface area (Å²) in [4.78, 5) is 27.4. The van der Waals surface area contributed by atoms with E-state index in [0.29, 0.717) is 29.0 Å². The maximum absolute atomic E-state index is 12.2. The van der Waals surface area contributed by atoms with Crippen LogP contribution in [0.1, 0.15) is 26.7 Å². The van der Waals surface area contributed by atoms with Crippen LogP contribution in [0.15, 0.2) is 9.59 Å². The Balaban J connectivity index is 2.93. The Morgan fingerprint density at radius 2 is 1.89 bits per heavy atom. The SMILES string of the molecule is CCCCn1c(=O)n(C)c(=O)c2c1[nH]c(=S)n2CC. The molecule has 0 aliphatic rings. The summed E-state index contributed by atoms with van der Waals surface area (Å²) in [5.74, 6) is 0. The van der Waals surface area contributed by atoms with Crippen molar-refractivity contribution in [3.8, 4) is 0 Å². The fourth-order valence-corrected chi connectivity index (χ4v) is 2.53. The third-order valence-electron chi connectivity index (χ3n) is 3.31. The third-order valence-corrected chi connectivity index (χ3v) is 3.63. The largest absolute Gasteiger partial charge is 0.332 e. The zero-order valence-corrected chi connectivity index (χ0v) is 12.2. The quantitative estimate of drug-likeness (QED) is 0.862. The van der Waals surface area contributed by atoms with Gasteiger partial charge in [-0.25, -0.2) is 4.79 Å². The Kier molecular flexibility index (Phi) is 3.75. The summed E-state index contributed by atoms with van der Waals surface area (Å²) in [6, 6.07) is 0. The Morgan fingerprint density at radius 3 is 2.47 bits per heavy atom. The van der Waals surface area contributed by atoms with E-state index in [9.17, 15) is 9.59 Å². The van der Waals surface area contributed by atoms with E-state index in [1.54, 1.807) is 9.13 Å². The van der Waals surface area contributed by atoms with Gasteiger partial charge < -0.3 is 9.55 Å². The number of aromatic amines is 1. The van der Waals surface area contributed by atoms with Crippen LogP contribution < -0.4 is 11.2 Å². The van der Waals surface area contributed by atoms with Gasteiger partial charge in [0, 0.05) is 20.1 Å². The third kappa shape index (κ3) is 2.07. The molecule has 1 N–H and O–H groups in total. The van der Waals surface area contributed by atoms with E-state index in [0.717, 1.165) is 17.4 Å². The molecule has 2 heterocycles. The number of rotatable bonds is 4. The van der Waals surface area contributed by atoms with Gasteiger partial charge in [0.2, 0.25) is 0 Å². The summed E-state index contributed by atoms with van der Waals surface area (Å²) in [5, 5.41) is 0. The second-order valence-corrected chi connectivity index (χ2v) is 4.91. The zero-order chi connectivity index (χ0) is 14.2. The molecule has 2 aromatic rings. The molecule has 2 aromatic heterocycles. The van der Waals surface area contributed by atoms with E-state index in [1.165, 1.54) is 7.05 Å². The Labute approximate surface area is 115 Å². The van der Waals surface area contributed by atoms with Crippen molar-refractivity contribution in [3.05, 3.63) is 25.6 Å². The van der Waals surface area contributed by atoms with E-state index in [2.05, 4.69) is 11.9 Å². The summed E-state index contributed by atoms with van der Waals surface area (Å²) in [6.07, 6.45) is 1.86. The van der Waals surface area contributed by atoms with Crippen molar-refractivity contribution in [1.82, 2.24) is 18.7 Å². The van der Waals surface area contributed by atoms with Gasteiger partial charge in [0.05, 0.1) is 0 Å². The molecule has 0 unspecified atom stereocenters. The Morgan fingerprint density at radius 1 is 1.21 bits per heavy atom. The van der Waals surface area contributed by atoms with E-state index in [4.69, 9.17) is 12.2 Å². The number of hydrogen-bond donors (Lipinski definition) is 1.